The van der Waals surface area contributed by atoms with Gasteiger partial charge < -0.3 is 0 Å². The molecular formula is C19H13N3O3S. The zero-order valence-electron chi connectivity index (χ0n) is 13.5. The Balaban J connectivity index is 1.76. The minimum atomic E-state index is -1.08. The molecule has 0 spiro atoms. The van der Waals surface area contributed by atoms with Gasteiger partial charge in [0.1, 0.15) is 6.04 Å². The van der Waals surface area contributed by atoms with E-state index >= 15 is 0 Å². The van der Waals surface area contributed by atoms with Gasteiger partial charge in [-0.05, 0) is 17.7 Å². The Labute approximate surface area is 153 Å². The highest BCUT2D eigenvalue weighted by Crippen LogP contribution is 2.32. The zero-order chi connectivity index (χ0) is 18.1. The number of nitrogens with zero attached hydrogens (tertiary/aromatic N) is 2. The molecule has 2 aromatic carbocycles. The Morgan fingerprint density at radius 3 is 2.15 bits per heavy atom. The van der Waals surface area contributed by atoms with Crippen molar-refractivity contribution in [1.29, 1.82) is 0 Å². The van der Waals surface area contributed by atoms with E-state index in [0.29, 0.717) is 21.8 Å². The fourth-order valence-corrected chi connectivity index (χ4v) is 3.49. The van der Waals surface area contributed by atoms with E-state index in [2.05, 4.69) is 10.3 Å². The summed E-state index contributed by atoms with van der Waals surface area (Å²) in [7, 11) is 0. The number of rotatable bonds is 4. The third-order valence-corrected chi connectivity index (χ3v) is 4.80. The van der Waals surface area contributed by atoms with Gasteiger partial charge in [0.2, 0.25) is 0 Å². The molecule has 1 aliphatic heterocycles. The molecule has 3 amide bonds. The molecule has 6 nitrogen and oxygen atoms in total. The molecule has 0 saturated heterocycles. The molecule has 3 aromatic rings. The Hall–Kier alpha value is -3.32. The number of thiazole rings is 1. The Bertz CT molecular complexity index is 951. The number of hydrogen-bond donors (Lipinski definition) is 1. The minimum Gasteiger partial charge on any atom is -0.300 e. The first-order valence-electron chi connectivity index (χ1n) is 7.89. The molecule has 0 saturated carbocycles. The lowest BCUT2D eigenvalue weighted by atomic mass is 10.0. The lowest BCUT2D eigenvalue weighted by Gasteiger charge is -2.25. The van der Waals surface area contributed by atoms with Crippen LogP contribution in [0.1, 0.15) is 32.3 Å². The van der Waals surface area contributed by atoms with E-state index in [1.165, 1.54) is 11.3 Å². The molecule has 1 aliphatic rings. The molecule has 1 aromatic heterocycles. The van der Waals surface area contributed by atoms with Crippen LogP contribution in [-0.4, -0.2) is 27.6 Å². The fourth-order valence-electron chi connectivity index (χ4n) is 2.95. The molecule has 1 unspecified atom stereocenters. The van der Waals surface area contributed by atoms with Crippen molar-refractivity contribution in [3.05, 3.63) is 82.9 Å². The number of carbonyl (C=O) groups excluding carboxylic acids is 3. The Kier molecular flexibility index (Phi) is 4.06. The quantitative estimate of drug-likeness (QED) is 0.723. The van der Waals surface area contributed by atoms with Gasteiger partial charge in [0.05, 0.1) is 11.1 Å². The first kappa shape index (κ1) is 16.2. The van der Waals surface area contributed by atoms with E-state index in [4.69, 9.17) is 0 Å². The van der Waals surface area contributed by atoms with E-state index < -0.39 is 23.8 Å². The fraction of sp³-hybridized carbons (Fsp3) is 0.0526. The summed E-state index contributed by atoms with van der Waals surface area (Å²) in [5.41, 5.74) is 1.16. The third kappa shape index (κ3) is 2.68. The topological polar surface area (TPSA) is 79.4 Å². The first-order chi connectivity index (χ1) is 12.7. The van der Waals surface area contributed by atoms with Crippen LogP contribution >= 0.6 is 11.3 Å². The minimum absolute atomic E-state index is 0.306. The van der Waals surface area contributed by atoms with Crippen molar-refractivity contribution in [2.45, 2.75) is 6.04 Å². The predicted molar refractivity (Wildman–Crippen MR) is 96.9 cm³/mol. The maximum absolute atomic E-state index is 12.9. The van der Waals surface area contributed by atoms with Crippen molar-refractivity contribution < 1.29 is 14.4 Å². The normalized spacial score (nSPS) is 14.2. The van der Waals surface area contributed by atoms with Gasteiger partial charge in [0, 0.05) is 11.6 Å². The number of aromatic nitrogens is 1. The van der Waals surface area contributed by atoms with Crippen molar-refractivity contribution in [2.24, 2.45) is 0 Å². The number of nitrogens with one attached hydrogen (secondary N) is 1. The van der Waals surface area contributed by atoms with Crippen LogP contribution < -0.4 is 5.32 Å². The number of anilines is 1. The van der Waals surface area contributed by atoms with Crippen LogP contribution in [0.2, 0.25) is 0 Å². The average Bonchev–Trinajstić information content (AvgIpc) is 3.26. The smallest absolute Gasteiger partial charge is 0.262 e. The number of carbonyl (C=O) groups is 3. The predicted octanol–water partition coefficient (Wildman–Crippen LogP) is 3.12. The Morgan fingerprint density at radius 1 is 0.962 bits per heavy atom. The van der Waals surface area contributed by atoms with Gasteiger partial charge in [-0.15, -0.1) is 11.3 Å². The van der Waals surface area contributed by atoms with Gasteiger partial charge in [-0.2, -0.15) is 0 Å². The molecule has 128 valence electrons. The number of imide groups is 1. The summed E-state index contributed by atoms with van der Waals surface area (Å²) in [6, 6.07) is 14.3. The lowest BCUT2D eigenvalue weighted by molar-refractivity contribution is -0.120. The summed E-state index contributed by atoms with van der Waals surface area (Å²) in [5, 5.41) is 4.83. The molecule has 1 N–H and O–H groups in total. The van der Waals surface area contributed by atoms with E-state index in [0.717, 1.165) is 4.90 Å². The maximum atomic E-state index is 12.9. The summed E-state index contributed by atoms with van der Waals surface area (Å²) in [6.07, 6.45) is 1.57. The van der Waals surface area contributed by atoms with E-state index in [1.807, 2.05) is 6.07 Å². The maximum Gasteiger partial charge on any atom is 0.262 e. The number of hydrogen-bond acceptors (Lipinski definition) is 5. The molecule has 0 fully saturated rings. The first-order valence-corrected chi connectivity index (χ1v) is 8.77. The monoisotopic (exact) mass is 363 g/mol. The summed E-state index contributed by atoms with van der Waals surface area (Å²) >= 11 is 1.26. The summed E-state index contributed by atoms with van der Waals surface area (Å²) < 4.78 is 0. The standard InChI is InChI=1S/C19H13N3O3S/c23-16(21-19-20-10-11-26-19)15(12-6-2-1-3-7-12)22-17(24)13-8-4-5-9-14(13)18(22)25/h1-11,15H,(H,20,21,23). The molecule has 2 heterocycles. The van der Waals surface area contributed by atoms with E-state index in [9.17, 15) is 14.4 Å². The highest BCUT2D eigenvalue weighted by molar-refractivity contribution is 7.13. The molecule has 26 heavy (non-hydrogen) atoms. The van der Waals surface area contributed by atoms with Crippen LogP contribution in [0.25, 0.3) is 0 Å². The van der Waals surface area contributed by atoms with Gasteiger partial charge in [-0.3, -0.25) is 24.6 Å². The summed E-state index contributed by atoms with van der Waals surface area (Å²) in [5.74, 6) is -1.44. The second-order valence-electron chi connectivity index (χ2n) is 5.67. The van der Waals surface area contributed by atoms with Crippen molar-refractivity contribution in [3.8, 4) is 0 Å². The number of fused-ring (bicyclic) bond motifs is 1. The van der Waals surface area contributed by atoms with Crippen LogP contribution in [0, 0.1) is 0 Å². The second-order valence-corrected chi connectivity index (χ2v) is 6.56. The average molecular weight is 363 g/mol. The van der Waals surface area contributed by atoms with Crippen LogP contribution in [0.15, 0.2) is 66.2 Å². The second kappa shape index (κ2) is 6.53. The van der Waals surface area contributed by atoms with Gasteiger partial charge in [-0.1, -0.05) is 42.5 Å². The van der Waals surface area contributed by atoms with Crippen LogP contribution in [0.3, 0.4) is 0 Å². The van der Waals surface area contributed by atoms with Crippen LogP contribution in [-0.2, 0) is 4.79 Å². The van der Waals surface area contributed by atoms with Crippen molar-refractivity contribution in [3.63, 3.8) is 0 Å². The SMILES string of the molecule is O=C(Nc1nccs1)C(c1ccccc1)N1C(=O)c2ccccc2C1=O. The number of amides is 3. The van der Waals surface area contributed by atoms with Crippen LogP contribution in [0.4, 0.5) is 5.13 Å². The Morgan fingerprint density at radius 2 is 1.58 bits per heavy atom. The molecule has 0 radical (unpaired) electrons. The highest BCUT2D eigenvalue weighted by Gasteiger charge is 2.43. The largest absolute Gasteiger partial charge is 0.300 e. The lowest BCUT2D eigenvalue weighted by Crippen LogP contribution is -2.40. The van der Waals surface area contributed by atoms with Gasteiger partial charge in [0.15, 0.2) is 5.13 Å². The highest BCUT2D eigenvalue weighted by atomic mass is 32.1. The van der Waals surface area contributed by atoms with Gasteiger partial charge in [0.25, 0.3) is 17.7 Å². The molecular weight excluding hydrogens is 350 g/mol. The molecule has 1 atom stereocenters. The number of benzene rings is 2. The molecule has 0 bridgehead atoms. The van der Waals surface area contributed by atoms with Crippen LogP contribution in [0.5, 0.6) is 0 Å². The molecule has 0 aliphatic carbocycles. The molecule has 7 heteroatoms. The van der Waals surface area contributed by atoms with E-state index in [-0.39, 0.29) is 0 Å². The summed E-state index contributed by atoms with van der Waals surface area (Å²) in [6.45, 7) is 0. The summed E-state index contributed by atoms with van der Waals surface area (Å²) in [4.78, 5) is 43.7. The third-order valence-electron chi connectivity index (χ3n) is 4.11. The molecule has 4 rings (SSSR count). The zero-order valence-corrected chi connectivity index (χ0v) is 14.3. The van der Waals surface area contributed by atoms with Gasteiger partial charge in [-0.25, -0.2) is 4.98 Å². The van der Waals surface area contributed by atoms with Crippen molar-refractivity contribution in [2.75, 3.05) is 5.32 Å². The van der Waals surface area contributed by atoms with E-state index in [1.54, 1.807) is 60.1 Å². The van der Waals surface area contributed by atoms with Gasteiger partial charge >= 0.3 is 0 Å². The van der Waals surface area contributed by atoms with Crippen molar-refractivity contribution in [1.82, 2.24) is 9.88 Å². The van der Waals surface area contributed by atoms with Crippen molar-refractivity contribution >= 4 is 34.2 Å².